The number of nitrogens with zero attached hydrogens (tertiary/aromatic N) is 5. The summed E-state index contributed by atoms with van der Waals surface area (Å²) in [5.41, 5.74) is -3.84. The highest BCUT2D eigenvalue weighted by atomic mass is 19.4. The maximum Gasteiger partial charge on any atom is 0.421 e. The van der Waals surface area contributed by atoms with Gasteiger partial charge in [0.2, 0.25) is 5.95 Å². The number of nitrogens with one attached hydrogen (secondary N) is 2. The van der Waals surface area contributed by atoms with Crippen LogP contribution in [0.5, 0.6) is 0 Å². The second-order valence-corrected chi connectivity index (χ2v) is 6.47. The number of hydrogen-bond acceptors (Lipinski definition) is 8. The quantitative estimate of drug-likeness (QED) is 0.518. The molecule has 0 spiro atoms. The fourth-order valence-corrected chi connectivity index (χ4v) is 2.69. The van der Waals surface area contributed by atoms with Gasteiger partial charge >= 0.3 is 18.4 Å². The number of carbonyl (C=O) groups excluding carboxylic acids is 1. The largest absolute Gasteiger partial charge is 0.428 e. The summed E-state index contributed by atoms with van der Waals surface area (Å²) < 4.78 is 80.8. The molecule has 0 aromatic carbocycles. The first-order valence-electron chi connectivity index (χ1n) is 8.92. The van der Waals surface area contributed by atoms with Crippen LogP contribution in [0.1, 0.15) is 11.1 Å². The predicted molar refractivity (Wildman–Crippen MR) is 95.7 cm³/mol. The molecule has 174 valence electrons. The highest BCUT2D eigenvalue weighted by molar-refractivity contribution is 5.68. The number of ether oxygens (including phenoxy) is 1. The van der Waals surface area contributed by atoms with Crippen molar-refractivity contribution in [2.75, 3.05) is 43.1 Å². The van der Waals surface area contributed by atoms with Crippen molar-refractivity contribution in [1.29, 1.82) is 0 Å². The van der Waals surface area contributed by atoms with Gasteiger partial charge in [-0.3, -0.25) is 4.79 Å². The molecule has 0 bridgehead atoms. The molecule has 1 aliphatic rings. The average molecular weight is 467 g/mol. The highest BCUT2D eigenvalue weighted by Gasteiger charge is 2.35. The molecule has 0 unspecified atom stereocenters. The van der Waals surface area contributed by atoms with E-state index in [4.69, 9.17) is 4.74 Å². The molecular formula is C16H15F6N7O3. The van der Waals surface area contributed by atoms with E-state index < -0.39 is 41.9 Å². The van der Waals surface area contributed by atoms with Gasteiger partial charge in [0, 0.05) is 44.6 Å². The molecule has 2 N–H and O–H groups in total. The Morgan fingerprint density at radius 2 is 1.69 bits per heavy atom. The lowest BCUT2D eigenvalue weighted by molar-refractivity contribution is -0.139. The molecule has 3 rings (SSSR count). The van der Waals surface area contributed by atoms with Crippen LogP contribution in [0.4, 0.5) is 42.9 Å². The number of carbonyl (C=O) groups is 1. The Kier molecular flexibility index (Phi) is 6.40. The van der Waals surface area contributed by atoms with Gasteiger partial charge in [-0.25, -0.2) is 19.9 Å². The number of halogens is 6. The molecule has 32 heavy (non-hydrogen) atoms. The molecule has 2 aromatic rings. The van der Waals surface area contributed by atoms with E-state index in [1.54, 1.807) is 10.00 Å². The summed E-state index contributed by atoms with van der Waals surface area (Å²) in [6.07, 6.45) is -8.85. The Balaban J connectivity index is 1.47. The molecule has 16 heteroatoms. The lowest BCUT2D eigenvalue weighted by Gasteiger charge is -2.34. The zero-order valence-corrected chi connectivity index (χ0v) is 16.0. The predicted octanol–water partition coefficient (Wildman–Crippen LogP) is 1.93. The number of piperazine rings is 1. The molecule has 0 atom stereocenters. The molecular weight excluding hydrogens is 452 g/mol. The van der Waals surface area contributed by atoms with Crippen molar-refractivity contribution in [2.24, 2.45) is 0 Å². The van der Waals surface area contributed by atoms with E-state index in [0.717, 1.165) is 0 Å². The third-order valence-corrected chi connectivity index (χ3v) is 4.34. The molecule has 1 aliphatic heterocycles. The van der Waals surface area contributed by atoms with Crippen LogP contribution in [-0.2, 0) is 17.1 Å². The number of anilines is 2. The first-order valence-corrected chi connectivity index (χ1v) is 8.92. The summed E-state index contributed by atoms with van der Waals surface area (Å²) in [6, 6.07) is 0.482. The van der Waals surface area contributed by atoms with Crippen LogP contribution >= 0.6 is 0 Å². The summed E-state index contributed by atoms with van der Waals surface area (Å²) in [7, 11) is 0. The van der Waals surface area contributed by atoms with Crippen LogP contribution in [0.25, 0.3) is 0 Å². The molecule has 0 radical (unpaired) electrons. The van der Waals surface area contributed by atoms with Gasteiger partial charge in [-0.15, -0.1) is 0 Å². The van der Waals surface area contributed by atoms with Gasteiger partial charge in [0.1, 0.15) is 11.4 Å². The van der Waals surface area contributed by atoms with Gasteiger partial charge < -0.3 is 19.9 Å². The molecule has 0 aliphatic carbocycles. The summed E-state index contributed by atoms with van der Waals surface area (Å²) in [4.78, 5) is 33.5. The number of aromatic amines is 1. The van der Waals surface area contributed by atoms with Gasteiger partial charge in [0.25, 0.3) is 5.56 Å². The summed E-state index contributed by atoms with van der Waals surface area (Å²) in [5, 5.41) is 7.41. The van der Waals surface area contributed by atoms with Crippen molar-refractivity contribution in [2.45, 2.75) is 12.4 Å². The molecule has 3 heterocycles. The van der Waals surface area contributed by atoms with Crippen molar-refractivity contribution in [1.82, 2.24) is 25.1 Å². The van der Waals surface area contributed by atoms with E-state index in [1.807, 2.05) is 0 Å². The molecule has 2 aromatic heterocycles. The fourth-order valence-electron chi connectivity index (χ4n) is 2.69. The third-order valence-electron chi connectivity index (χ3n) is 4.34. The van der Waals surface area contributed by atoms with Crippen LogP contribution in [0.2, 0.25) is 0 Å². The summed E-state index contributed by atoms with van der Waals surface area (Å²) >= 11 is 0. The van der Waals surface area contributed by atoms with Gasteiger partial charge in [-0.2, -0.15) is 31.4 Å². The number of aromatic nitrogens is 4. The van der Waals surface area contributed by atoms with E-state index in [9.17, 15) is 35.9 Å². The number of H-pyrrole nitrogens is 1. The van der Waals surface area contributed by atoms with E-state index >= 15 is 0 Å². The van der Waals surface area contributed by atoms with Crippen molar-refractivity contribution in [3.05, 3.63) is 39.9 Å². The van der Waals surface area contributed by atoms with E-state index in [1.165, 1.54) is 4.90 Å². The minimum absolute atomic E-state index is 0.0808. The standard InChI is InChI=1S/C16H15F6N7O3/c17-15(18,19)9-6-23-13(24-7-9)28-1-3-29(4-2-28)14(31)32-8-25-11-5-10(16(20,21)22)12(30)27-26-11/h5-7H,1-4,8H2,(H,25,26)(H,27,30). The number of alkyl halides is 6. The maximum atomic E-state index is 12.7. The Hall–Kier alpha value is -3.59. The zero-order valence-electron chi connectivity index (χ0n) is 16.0. The van der Waals surface area contributed by atoms with Crippen LogP contribution in [0.3, 0.4) is 0 Å². The summed E-state index contributed by atoms with van der Waals surface area (Å²) in [6.45, 7) is 0.239. The number of amides is 1. The molecule has 1 saturated heterocycles. The average Bonchev–Trinajstić information content (AvgIpc) is 2.73. The second-order valence-electron chi connectivity index (χ2n) is 6.47. The minimum Gasteiger partial charge on any atom is -0.428 e. The van der Waals surface area contributed by atoms with Gasteiger partial charge in [-0.1, -0.05) is 0 Å². The Bertz CT molecular complexity index is 1000. The normalized spacial score (nSPS) is 14.9. The molecule has 10 nitrogen and oxygen atoms in total. The van der Waals surface area contributed by atoms with Gasteiger partial charge in [0.05, 0.1) is 5.56 Å². The first-order chi connectivity index (χ1) is 14.9. The van der Waals surface area contributed by atoms with Crippen molar-refractivity contribution < 1.29 is 35.9 Å². The first kappa shape index (κ1) is 23.1. The topological polar surface area (TPSA) is 116 Å². The monoisotopic (exact) mass is 467 g/mol. The van der Waals surface area contributed by atoms with Crippen molar-refractivity contribution in [3.8, 4) is 0 Å². The Morgan fingerprint density at radius 3 is 2.25 bits per heavy atom. The van der Waals surface area contributed by atoms with Crippen LogP contribution in [0.15, 0.2) is 23.3 Å². The van der Waals surface area contributed by atoms with Crippen molar-refractivity contribution >= 4 is 17.9 Å². The lowest BCUT2D eigenvalue weighted by atomic mass is 10.3. The molecule has 1 fully saturated rings. The van der Waals surface area contributed by atoms with E-state index in [2.05, 4.69) is 20.4 Å². The smallest absolute Gasteiger partial charge is 0.421 e. The molecule has 1 amide bonds. The minimum atomic E-state index is -4.87. The zero-order chi connectivity index (χ0) is 23.5. The molecule has 0 saturated carbocycles. The Labute approximate surface area is 175 Å². The lowest BCUT2D eigenvalue weighted by Crippen LogP contribution is -2.49. The summed E-state index contributed by atoms with van der Waals surface area (Å²) in [5.74, 6) is -0.272. The van der Waals surface area contributed by atoms with E-state index in [0.29, 0.717) is 18.5 Å². The number of hydrogen-bond donors (Lipinski definition) is 2. The van der Waals surface area contributed by atoms with Crippen LogP contribution in [-0.4, -0.2) is 64.1 Å². The fraction of sp³-hybridized carbons (Fsp3) is 0.438. The van der Waals surface area contributed by atoms with Gasteiger partial charge in [0.15, 0.2) is 6.73 Å². The second kappa shape index (κ2) is 8.88. The SMILES string of the molecule is O=C(OCNc1cc(C(F)(F)F)c(=O)[nH]n1)N1CCN(c2ncc(C(F)(F)F)cn2)CC1. The van der Waals surface area contributed by atoms with E-state index in [-0.39, 0.29) is 37.9 Å². The highest BCUT2D eigenvalue weighted by Crippen LogP contribution is 2.29. The van der Waals surface area contributed by atoms with Gasteiger partial charge in [-0.05, 0) is 0 Å². The maximum absolute atomic E-state index is 12.7. The third kappa shape index (κ3) is 5.55. The van der Waals surface area contributed by atoms with Crippen LogP contribution in [0, 0.1) is 0 Å². The number of rotatable bonds is 4. The Morgan fingerprint density at radius 1 is 1.06 bits per heavy atom. The van der Waals surface area contributed by atoms with Crippen LogP contribution < -0.4 is 15.8 Å². The van der Waals surface area contributed by atoms with Crippen molar-refractivity contribution in [3.63, 3.8) is 0 Å².